The van der Waals surface area contributed by atoms with E-state index in [4.69, 9.17) is 5.73 Å². The third-order valence-corrected chi connectivity index (χ3v) is 12.5. The van der Waals surface area contributed by atoms with Gasteiger partial charge in [0.2, 0.25) is 0 Å². The van der Waals surface area contributed by atoms with E-state index in [1.54, 1.807) is 0 Å². The van der Waals surface area contributed by atoms with Crippen molar-refractivity contribution in [3.8, 4) is 0 Å². The molecule has 0 radical (unpaired) electrons. The van der Waals surface area contributed by atoms with Gasteiger partial charge in [-0.25, -0.2) is 0 Å². The molecule has 69 heavy (non-hydrogen) atoms. The van der Waals surface area contributed by atoms with Crippen LogP contribution in [0.25, 0.3) is 0 Å². The van der Waals surface area contributed by atoms with Gasteiger partial charge in [0, 0.05) is 55.7 Å². The molecule has 0 aromatic heterocycles. The summed E-state index contributed by atoms with van der Waals surface area (Å²) in [6.45, 7) is 27.0. The fourth-order valence-electron chi connectivity index (χ4n) is 7.82. The average molecular weight is 978 g/mol. The standard InChI is InChI=1S/C32H36N2.C26H30BrN.C6H7N/c1-31(2,3)24-15-19-28(20-16-24)34(29-21-17-25(18-22-29)32(4,5)6)30-14-10-13-27(23-30)33-26-11-8-7-9-12-26;1-25(2,3)19-10-14-22(15-11-19)28(24-9-7-8-21(27)18-24)23-16-12-20(13-17-23)26(4,5)6;7-6-4-2-1-3-5-6/h7-23,33H,1-6H3;7-18H,1-6H3;1-5H,7H2. The summed E-state index contributed by atoms with van der Waals surface area (Å²) in [5, 5.41) is 3.53. The first kappa shape index (κ1) is 51.8. The molecule has 0 amide bonds. The van der Waals surface area contributed by atoms with Crippen LogP contribution in [-0.2, 0) is 21.7 Å². The second-order valence-electron chi connectivity index (χ2n) is 21.8. The van der Waals surface area contributed by atoms with Crippen LogP contribution in [0.3, 0.4) is 0 Å². The molecule has 8 aromatic carbocycles. The molecule has 0 heterocycles. The Balaban J connectivity index is 0.000000201. The van der Waals surface area contributed by atoms with Crippen molar-refractivity contribution in [2.24, 2.45) is 0 Å². The molecular weight excluding hydrogens is 905 g/mol. The molecule has 0 atom stereocenters. The maximum atomic E-state index is 5.36. The van der Waals surface area contributed by atoms with E-state index in [1.807, 2.05) is 48.5 Å². The monoisotopic (exact) mass is 977 g/mol. The molecule has 0 fully saturated rings. The fraction of sp³-hybridized carbons (Fsp3) is 0.250. The van der Waals surface area contributed by atoms with E-state index in [1.165, 1.54) is 22.3 Å². The number of benzene rings is 8. The Morgan fingerprint density at radius 2 is 0.623 bits per heavy atom. The molecule has 0 aliphatic carbocycles. The molecule has 0 saturated heterocycles. The summed E-state index contributed by atoms with van der Waals surface area (Å²) in [6.07, 6.45) is 0. The molecular formula is C64H73BrN4. The first-order valence-electron chi connectivity index (χ1n) is 24.1. The zero-order chi connectivity index (χ0) is 50.0. The first-order chi connectivity index (χ1) is 32.6. The summed E-state index contributed by atoms with van der Waals surface area (Å²) < 4.78 is 1.08. The highest BCUT2D eigenvalue weighted by Gasteiger charge is 2.21. The molecule has 0 bridgehead atoms. The van der Waals surface area contributed by atoms with E-state index >= 15 is 0 Å². The number of para-hydroxylation sites is 2. The van der Waals surface area contributed by atoms with Crippen LogP contribution in [0.5, 0.6) is 0 Å². The van der Waals surface area contributed by atoms with E-state index < -0.39 is 0 Å². The van der Waals surface area contributed by atoms with Gasteiger partial charge in [-0.1, -0.05) is 196 Å². The molecule has 0 aliphatic rings. The van der Waals surface area contributed by atoms with Gasteiger partial charge >= 0.3 is 0 Å². The molecule has 0 saturated carbocycles. The van der Waals surface area contributed by atoms with E-state index in [0.717, 1.165) is 55.7 Å². The minimum absolute atomic E-state index is 0.122. The lowest BCUT2D eigenvalue weighted by atomic mass is 9.86. The van der Waals surface area contributed by atoms with Crippen molar-refractivity contribution in [2.45, 2.75) is 105 Å². The Labute approximate surface area is 423 Å². The van der Waals surface area contributed by atoms with Gasteiger partial charge < -0.3 is 20.9 Å². The van der Waals surface area contributed by atoms with Crippen molar-refractivity contribution in [1.82, 2.24) is 0 Å². The van der Waals surface area contributed by atoms with Gasteiger partial charge in [0.1, 0.15) is 0 Å². The van der Waals surface area contributed by atoms with Crippen LogP contribution in [-0.4, -0.2) is 0 Å². The SMILES string of the molecule is CC(C)(C)c1ccc(N(c2ccc(C(C)(C)C)cc2)c2cccc(Br)c2)cc1.CC(C)(C)c1ccc(N(c2ccc(C(C)(C)C)cc2)c2cccc(Nc3ccccc3)c2)cc1.Nc1ccccc1. The van der Waals surface area contributed by atoms with Crippen LogP contribution >= 0.6 is 15.9 Å². The van der Waals surface area contributed by atoms with Gasteiger partial charge in [-0.05, 0) is 153 Å². The maximum absolute atomic E-state index is 5.36. The zero-order valence-corrected chi connectivity index (χ0v) is 44.6. The number of nitrogens with zero attached hydrogens (tertiary/aromatic N) is 2. The minimum atomic E-state index is 0.122. The second-order valence-corrected chi connectivity index (χ2v) is 22.7. The summed E-state index contributed by atoms with van der Waals surface area (Å²) in [5.41, 5.74) is 21.1. The van der Waals surface area contributed by atoms with Crippen molar-refractivity contribution in [3.05, 3.63) is 233 Å². The smallest absolute Gasteiger partial charge is 0.0482 e. The Hall–Kier alpha value is -6.56. The lowest BCUT2D eigenvalue weighted by Gasteiger charge is -2.28. The molecule has 3 N–H and O–H groups in total. The summed E-state index contributed by atoms with van der Waals surface area (Å²) in [7, 11) is 0. The summed E-state index contributed by atoms with van der Waals surface area (Å²) in [6, 6.07) is 72.6. The predicted molar refractivity (Wildman–Crippen MR) is 305 cm³/mol. The third kappa shape index (κ3) is 14.7. The van der Waals surface area contributed by atoms with Gasteiger partial charge in [0.05, 0.1) is 0 Å². The number of nitrogens with two attached hydrogens (primary N) is 1. The highest BCUT2D eigenvalue weighted by Crippen LogP contribution is 2.40. The Bertz CT molecular complexity index is 2690. The van der Waals surface area contributed by atoms with Crippen molar-refractivity contribution in [1.29, 1.82) is 0 Å². The summed E-state index contributed by atoms with van der Waals surface area (Å²) in [4.78, 5) is 4.64. The maximum Gasteiger partial charge on any atom is 0.0482 e. The highest BCUT2D eigenvalue weighted by atomic mass is 79.9. The number of nitrogens with one attached hydrogen (secondary N) is 1. The first-order valence-corrected chi connectivity index (χ1v) is 24.9. The molecule has 0 aliphatic heterocycles. The van der Waals surface area contributed by atoms with E-state index in [9.17, 15) is 0 Å². The molecule has 356 valence electrons. The molecule has 4 nitrogen and oxygen atoms in total. The average Bonchev–Trinajstić information content (AvgIpc) is 3.30. The second kappa shape index (κ2) is 22.2. The quantitative estimate of drug-likeness (QED) is 0.149. The van der Waals surface area contributed by atoms with Crippen LogP contribution in [0.1, 0.15) is 105 Å². The van der Waals surface area contributed by atoms with Gasteiger partial charge in [-0.15, -0.1) is 0 Å². The minimum Gasteiger partial charge on any atom is -0.399 e. The topological polar surface area (TPSA) is 44.5 Å². The van der Waals surface area contributed by atoms with Gasteiger partial charge in [0.15, 0.2) is 0 Å². The summed E-state index contributed by atoms with van der Waals surface area (Å²) >= 11 is 3.62. The van der Waals surface area contributed by atoms with E-state index in [2.05, 4.69) is 272 Å². The van der Waals surface area contributed by atoms with Crippen molar-refractivity contribution < 1.29 is 0 Å². The van der Waals surface area contributed by atoms with Crippen LogP contribution in [0, 0.1) is 0 Å². The van der Waals surface area contributed by atoms with Crippen LogP contribution in [0.4, 0.5) is 51.2 Å². The summed E-state index contributed by atoms with van der Waals surface area (Å²) in [5.74, 6) is 0. The van der Waals surface area contributed by atoms with Crippen LogP contribution < -0.4 is 20.9 Å². The number of halogens is 1. The van der Waals surface area contributed by atoms with Gasteiger partial charge in [-0.3, -0.25) is 0 Å². The number of rotatable bonds is 8. The van der Waals surface area contributed by atoms with Gasteiger partial charge in [0.25, 0.3) is 0 Å². The van der Waals surface area contributed by atoms with Crippen molar-refractivity contribution in [2.75, 3.05) is 20.9 Å². The number of nitrogen functional groups attached to an aromatic ring is 1. The highest BCUT2D eigenvalue weighted by molar-refractivity contribution is 9.10. The van der Waals surface area contributed by atoms with E-state index in [0.29, 0.717) is 0 Å². The predicted octanol–water partition coefficient (Wildman–Crippen LogP) is 19.3. The zero-order valence-electron chi connectivity index (χ0n) is 43.0. The molecule has 5 heteroatoms. The Morgan fingerprint density at radius 3 is 0.928 bits per heavy atom. The lowest BCUT2D eigenvalue weighted by Crippen LogP contribution is -2.14. The molecule has 0 spiro atoms. The van der Waals surface area contributed by atoms with Crippen LogP contribution in [0.15, 0.2) is 211 Å². The van der Waals surface area contributed by atoms with Crippen molar-refractivity contribution in [3.63, 3.8) is 0 Å². The Morgan fingerprint density at radius 1 is 0.319 bits per heavy atom. The fourth-order valence-corrected chi connectivity index (χ4v) is 8.20. The number of hydrogen-bond donors (Lipinski definition) is 2. The molecule has 8 aromatic rings. The normalized spacial score (nSPS) is 11.6. The Kier molecular flexibility index (Phi) is 16.7. The van der Waals surface area contributed by atoms with Crippen molar-refractivity contribution >= 4 is 67.1 Å². The van der Waals surface area contributed by atoms with Gasteiger partial charge in [-0.2, -0.15) is 0 Å². The largest absolute Gasteiger partial charge is 0.399 e. The molecule has 0 unspecified atom stereocenters. The van der Waals surface area contributed by atoms with Crippen LogP contribution in [0.2, 0.25) is 0 Å². The van der Waals surface area contributed by atoms with E-state index in [-0.39, 0.29) is 21.7 Å². The number of anilines is 9. The number of hydrogen-bond acceptors (Lipinski definition) is 4. The lowest BCUT2D eigenvalue weighted by molar-refractivity contribution is 0.590. The molecule has 8 rings (SSSR count). The third-order valence-electron chi connectivity index (χ3n) is 12.0.